The van der Waals surface area contributed by atoms with Crippen molar-refractivity contribution in [1.29, 1.82) is 0 Å². The SMILES string of the molecule is Cc1ncnc(-c2cccs2)c1N. The molecule has 0 atom stereocenters. The molecule has 0 aliphatic rings. The Hall–Kier alpha value is -1.42. The molecule has 0 fully saturated rings. The third-order valence-corrected chi connectivity index (χ3v) is 2.71. The van der Waals surface area contributed by atoms with Crippen LogP contribution in [-0.4, -0.2) is 9.97 Å². The van der Waals surface area contributed by atoms with Crippen molar-refractivity contribution in [2.75, 3.05) is 5.73 Å². The van der Waals surface area contributed by atoms with Gasteiger partial charge < -0.3 is 5.73 Å². The Kier molecular flexibility index (Phi) is 1.98. The summed E-state index contributed by atoms with van der Waals surface area (Å²) < 4.78 is 0. The topological polar surface area (TPSA) is 51.8 Å². The molecule has 0 saturated carbocycles. The largest absolute Gasteiger partial charge is 0.395 e. The van der Waals surface area contributed by atoms with Crippen LogP contribution in [0.3, 0.4) is 0 Å². The second-order valence-electron chi connectivity index (χ2n) is 2.70. The third kappa shape index (κ3) is 1.40. The van der Waals surface area contributed by atoms with Gasteiger partial charge in [0.1, 0.15) is 12.0 Å². The molecule has 0 aliphatic carbocycles. The number of nitrogens with zero attached hydrogens (tertiary/aromatic N) is 2. The van der Waals surface area contributed by atoms with Crippen LogP contribution < -0.4 is 5.73 Å². The highest BCUT2D eigenvalue weighted by Gasteiger charge is 2.06. The first kappa shape index (κ1) is 8.19. The summed E-state index contributed by atoms with van der Waals surface area (Å²) in [6.45, 7) is 1.88. The highest BCUT2D eigenvalue weighted by molar-refractivity contribution is 7.13. The molecule has 13 heavy (non-hydrogen) atoms. The van der Waals surface area contributed by atoms with Gasteiger partial charge in [-0.2, -0.15) is 0 Å². The normalized spacial score (nSPS) is 10.2. The molecule has 0 amide bonds. The van der Waals surface area contributed by atoms with Crippen molar-refractivity contribution >= 4 is 17.0 Å². The fourth-order valence-electron chi connectivity index (χ4n) is 1.09. The Bertz CT molecular complexity index is 409. The molecule has 0 bridgehead atoms. The van der Waals surface area contributed by atoms with Crippen LogP contribution in [0.15, 0.2) is 23.8 Å². The lowest BCUT2D eigenvalue weighted by molar-refractivity contribution is 1.12. The maximum absolute atomic E-state index is 5.86. The van der Waals surface area contributed by atoms with E-state index in [0.717, 1.165) is 16.3 Å². The first-order chi connectivity index (χ1) is 6.29. The lowest BCUT2D eigenvalue weighted by atomic mass is 10.2. The lowest BCUT2D eigenvalue weighted by Gasteiger charge is -2.02. The summed E-state index contributed by atoms with van der Waals surface area (Å²) in [6, 6.07) is 3.99. The van der Waals surface area contributed by atoms with Gasteiger partial charge in [0.05, 0.1) is 16.3 Å². The van der Waals surface area contributed by atoms with E-state index in [2.05, 4.69) is 9.97 Å². The van der Waals surface area contributed by atoms with Crippen molar-refractivity contribution in [2.45, 2.75) is 6.92 Å². The number of nitrogen functional groups attached to an aromatic ring is 1. The number of rotatable bonds is 1. The average Bonchev–Trinajstić information content (AvgIpc) is 2.62. The number of anilines is 1. The van der Waals surface area contributed by atoms with Crippen LogP contribution in [0.1, 0.15) is 5.69 Å². The van der Waals surface area contributed by atoms with Gasteiger partial charge in [0.15, 0.2) is 0 Å². The summed E-state index contributed by atoms with van der Waals surface area (Å²) in [4.78, 5) is 9.26. The van der Waals surface area contributed by atoms with Crippen LogP contribution in [0.25, 0.3) is 10.6 Å². The minimum Gasteiger partial charge on any atom is -0.395 e. The molecular formula is C9H9N3S. The fraction of sp³-hybridized carbons (Fsp3) is 0.111. The molecule has 2 rings (SSSR count). The van der Waals surface area contributed by atoms with Crippen LogP contribution in [0.4, 0.5) is 5.69 Å². The van der Waals surface area contributed by atoms with Gasteiger partial charge in [-0.1, -0.05) is 6.07 Å². The number of aromatic nitrogens is 2. The molecule has 2 aromatic rings. The first-order valence-corrected chi connectivity index (χ1v) is 4.78. The summed E-state index contributed by atoms with van der Waals surface area (Å²) in [5.74, 6) is 0. The van der Waals surface area contributed by atoms with E-state index in [9.17, 15) is 0 Å². The van der Waals surface area contributed by atoms with Crippen molar-refractivity contribution in [3.8, 4) is 10.6 Å². The van der Waals surface area contributed by atoms with E-state index in [-0.39, 0.29) is 0 Å². The molecule has 0 radical (unpaired) electrons. The highest BCUT2D eigenvalue weighted by Crippen LogP contribution is 2.28. The van der Waals surface area contributed by atoms with E-state index in [0.29, 0.717) is 5.69 Å². The minimum absolute atomic E-state index is 0.671. The molecule has 0 unspecified atom stereocenters. The van der Waals surface area contributed by atoms with E-state index in [1.165, 1.54) is 0 Å². The van der Waals surface area contributed by atoms with Gasteiger partial charge in [-0.3, -0.25) is 0 Å². The molecule has 2 N–H and O–H groups in total. The molecular weight excluding hydrogens is 182 g/mol. The third-order valence-electron chi connectivity index (χ3n) is 1.84. The van der Waals surface area contributed by atoms with Gasteiger partial charge in [0, 0.05) is 0 Å². The number of aryl methyl sites for hydroxylation is 1. The lowest BCUT2D eigenvalue weighted by Crippen LogP contribution is -1.97. The average molecular weight is 191 g/mol. The molecule has 0 spiro atoms. The summed E-state index contributed by atoms with van der Waals surface area (Å²) in [5, 5.41) is 2.01. The molecule has 3 nitrogen and oxygen atoms in total. The van der Waals surface area contributed by atoms with Gasteiger partial charge in [-0.05, 0) is 18.4 Å². The summed E-state index contributed by atoms with van der Waals surface area (Å²) in [5.41, 5.74) is 8.19. The Morgan fingerprint density at radius 3 is 2.92 bits per heavy atom. The van der Waals surface area contributed by atoms with Crippen molar-refractivity contribution in [3.05, 3.63) is 29.5 Å². The van der Waals surface area contributed by atoms with E-state index in [1.54, 1.807) is 17.7 Å². The van der Waals surface area contributed by atoms with Gasteiger partial charge in [0.2, 0.25) is 0 Å². The summed E-state index contributed by atoms with van der Waals surface area (Å²) in [7, 11) is 0. The second-order valence-corrected chi connectivity index (χ2v) is 3.65. The van der Waals surface area contributed by atoms with E-state index in [1.807, 2.05) is 24.4 Å². The van der Waals surface area contributed by atoms with Crippen molar-refractivity contribution in [1.82, 2.24) is 9.97 Å². The number of hydrogen-bond acceptors (Lipinski definition) is 4. The van der Waals surface area contributed by atoms with Crippen LogP contribution >= 0.6 is 11.3 Å². The molecule has 4 heteroatoms. The predicted molar refractivity (Wildman–Crippen MR) is 54.5 cm³/mol. The van der Waals surface area contributed by atoms with Gasteiger partial charge in [-0.15, -0.1) is 11.3 Å². The Morgan fingerprint density at radius 1 is 1.38 bits per heavy atom. The standard InChI is InChI=1S/C9H9N3S/c1-6-8(10)9(12-5-11-6)7-3-2-4-13-7/h2-5H,10H2,1H3. The minimum atomic E-state index is 0.671. The Balaban J connectivity index is 2.59. The van der Waals surface area contributed by atoms with Gasteiger partial charge >= 0.3 is 0 Å². The molecule has 2 heterocycles. The Morgan fingerprint density at radius 2 is 2.23 bits per heavy atom. The molecule has 66 valence electrons. The van der Waals surface area contributed by atoms with Gasteiger partial charge in [-0.25, -0.2) is 9.97 Å². The van der Waals surface area contributed by atoms with Crippen molar-refractivity contribution in [2.24, 2.45) is 0 Å². The predicted octanol–water partition coefficient (Wildman–Crippen LogP) is 2.10. The zero-order valence-electron chi connectivity index (χ0n) is 7.19. The zero-order chi connectivity index (χ0) is 9.26. The zero-order valence-corrected chi connectivity index (χ0v) is 8.01. The molecule has 0 saturated heterocycles. The highest BCUT2D eigenvalue weighted by atomic mass is 32.1. The maximum atomic E-state index is 5.86. The molecule has 2 aromatic heterocycles. The number of hydrogen-bond donors (Lipinski definition) is 1. The quantitative estimate of drug-likeness (QED) is 0.751. The molecule has 0 aliphatic heterocycles. The summed E-state index contributed by atoms with van der Waals surface area (Å²) in [6.07, 6.45) is 1.54. The van der Waals surface area contributed by atoms with E-state index < -0.39 is 0 Å². The van der Waals surface area contributed by atoms with Crippen LogP contribution in [0.5, 0.6) is 0 Å². The van der Waals surface area contributed by atoms with Crippen LogP contribution in [0.2, 0.25) is 0 Å². The summed E-state index contributed by atoms with van der Waals surface area (Å²) >= 11 is 1.63. The van der Waals surface area contributed by atoms with Crippen molar-refractivity contribution in [3.63, 3.8) is 0 Å². The maximum Gasteiger partial charge on any atom is 0.116 e. The fourth-order valence-corrected chi connectivity index (χ4v) is 1.83. The number of thiophene rings is 1. The van der Waals surface area contributed by atoms with E-state index in [4.69, 9.17) is 5.73 Å². The van der Waals surface area contributed by atoms with Crippen LogP contribution in [-0.2, 0) is 0 Å². The van der Waals surface area contributed by atoms with Crippen molar-refractivity contribution < 1.29 is 0 Å². The monoisotopic (exact) mass is 191 g/mol. The Labute approximate surface area is 80.3 Å². The van der Waals surface area contributed by atoms with Gasteiger partial charge in [0.25, 0.3) is 0 Å². The smallest absolute Gasteiger partial charge is 0.116 e. The molecule has 0 aromatic carbocycles. The second kappa shape index (κ2) is 3.14. The number of nitrogens with two attached hydrogens (primary N) is 1. The van der Waals surface area contributed by atoms with Crippen LogP contribution in [0, 0.1) is 6.92 Å². The first-order valence-electron chi connectivity index (χ1n) is 3.90. The van der Waals surface area contributed by atoms with E-state index >= 15 is 0 Å².